The lowest BCUT2D eigenvalue weighted by Crippen LogP contribution is -2.41. The van der Waals surface area contributed by atoms with Crippen LogP contribution < -0.4 is 5.73 Å². The number of sulfonamides is 1. The van der Waals surface area contributed by atoms with Crippen LogP contribution in [0.2, 0.25) is 5.02 Å². The molecule has 0 spiro atoms. The molecule has 1 atom stereocenters. The molecule has 0 saturated carbocycles. The number of hydrogen-bond donors (Lipinski definition) is 1. The molecule has 2 rings (SSSR count). The van der Waals surface area contributed by atoms with E-state index in [-0.39, 0.29) is 22.7 Å². The van der Waals surface area contributed by atoms with Crippen LogP contribution in [0.4, 0.5) is 18.9 Å². The summed E-state index contributed by atoms with van der Waals surface area (Å²) in [6.45, 7) is 2.85. The zero-order chi connectivity index (χ0) is 22.9. The third kappa shape index (κ3) is 5.28. The Bertz CT molecular complexity index is 1030. The first kappa shape index (κ1) is 24.1. The summed E-state index contributed by atoms with van der Waals surface area (Å²) < 4.78 is 66.3. The largest absolute Gasteiger partial charge is 0.417 e. The van der Waals surface area contributed by atoms with Crippen molar-refractivity contribution in [2.24, 2.45) is 5.73 Å². The molecule has 0 aliphatic carbocycles. The van der Waals surface area contributed by atoms with E-state index in [0.29, 0.717) is 0 Å². The molecule has 2 aromatic carbocycles. The minimum absolute atomic E-state index is 0.0660. The van der Waals surface area contributed by atoms with E-state index in [0.717, 1.165) is 40.7 Å². The molecular formula is C18H19ClF3N3O4S. The molecule has 0 radical (unpaired) electrons. The molecule has 0 fully saturated rings. The van der Waals surface area contributed by atoms with Gasteiger partial charge in [0.05, 0.1) is 20.4 Å². The smallest absolute Gasteiger partial charge is 0.323 e. The van der Waals surface area contributed by atoms with Crippen molar-refractivity contribution >= 4 is 27.3 Å². The van der Waals surface area contributed by atoms with Crippen LogP contribution in [0.5, 0.6) is 0 Å². The van der Waals surface area contributed by atoms with Gasteiger partial charge in [-0.05, 0) is 43.7 Å². The number of hydrogen-bond acceptors (Lipinski definition) is 5. The van der Waals surface area contributed by atoms with Gasteiger partial charge in [0.25, 0.3) is 5.69 Å². The Balaban J connectivity index is 2.36. The highest BCUT2D eigenvalue weighted by molar-refractivity contribution is 7.89. The van der Waals surface area contributed by atoms with E-state index < -0.39 is 43.8 Å². The van der Waals surface area contributed by atoms with Gasteiger partial charge in [-0.3, -0.25) is 10.1 Å². The number of nitro groups is 1. The highest BCUT2D eigenvalue weighted by Crippen LogP contribution is 2.36. The van der Waals surface area contributed by atoms with E-state index in [1.165, 1.54) is 6.07 Å². The zero-order valence-corrected chi connectivity index (χ0v) is 17.5. The van der Waals surface area contributed by atoms with Gasteiger partial charge in [-0.15, -0.1) is 0 Å². The number of non-ortho nitro benzene ring substituents is 1. The number of nitro benzene ring substituents is 1. The molecule has 0 aromatic heterocycles. The first-order chi connectivity index (χ1) is 13.7. The number of halogens is 4. The summed E-state index contributed by atoms with van der Waals surface area (Å²) in [5.41, 5.74) is 4.76. The molecule has 2 N–H and O–H groups in total. The van der Waals surface area contributed by atoms with Crippen molar-refractivity contribution < 1.29 is 26.5 Å². The highest BCUT2D eigenvalue weighted by Gasteiger charge is 2.34. The Morgan fingerprint density at radius 1 is 1.17 bits per heavy atom. The average molecular weight is 466 g/mol. The highest BCUT2D eigenvalue weighted by atomic mass is 35.5. The van der Waals surface area contributed by atoms with E-state index in [4.69, 9.17) is 17.3 Å². The maximum absolute atomic E-state index is 13.1. The van der Waals surface area contributed by atoms with Gasteiger partial charge in [-0.1, -0.05) is 17.7 Å². The SMILES string of the molecule is CC(C)N(CC(N)c1ccc(Cl)c(C(F)(F)F)c1)S(=O)(=O)c1ccc([N+](=O)[O-])cc1. The van der Waals surface area contributed by atoms with Crippen LogP contribution in [0.3, 0.4) is 0 Å². The minimum atomic E-state index is -4.69. The summed E-state index contributed by atoms with van der Waals surface area (Å²) in [5, 5.41) is 10.3. The van der Waals surface area contributed by atoms with Crippen molar-refractivity contribution in [1.82, 2.24) is 4.31 Å². The Kier molecular flexibility index (Phi) is 7.12. The van der Waals surface area contributed by atoms with Crippen molar-refractivity contribution in [3.05, 3.63) is 68.7 Å². The molecule has 0 bridgehead atoms. The van der Waals surface area contributed by atoms with Crippen molar-refractivity contribution in [3.63, 3.8) is 0 Å². The normalized spacial score (nSPS) is 13.6. The molecule has 0 heterocycles. The molecule has 0 saturated heterocycles. The minimum Gasteiger partial charge on any atom is -0.323 e. The lowest BCUT2D eigenvalue weighted by Gasteiger charge is -2.29. The maximum Gasteiger partial charge on any atom is 0.417 e. The second kappa shape index (κ2) is 8.88. The summed E-state index contributed by atoms with van der Waals surface area (Å²) in [5.74, 6) is 0. The Morgan fingerprint density at radius 2 is 1.73 bits per heavy atom. The predicted molar refractivity (Wildman–Crippen MR) is 106 cm³/mol. The summed E-state index contributed by atoms with van der Waals surface area (Å²) in [7, 11) is -4.11. The summed E-state index contributed by atoms with van der Waals surface area (Å²) >= 11 is 5.61. The maximum atomic E-state index is 13.1. The lowest BCUT2D eigenvalue weighted by molar-refractivity contribution is -0.384. The van der Waals surface area contributed by atoms with E-state index in [9.17, 15) is 31.7 Å². The fraction of sp³-hybridized carbons (Fsp3) is 0.333. The van der Waals surface area contributed by atoms with E-state index in [1.54, 1.807) is 13.8 Å². The molecule has 0 amide bonds. The van der Waals surface area contributed by atoms with Crippen LogP contribution >= 0.6 is 11.6 Å². The van der Waals surface area contributed by atoms with Crippen LogP contribution in [-0.2, 0) is 16.2 Å². The molecule has 164 valence electrons. The van der Waals surface area contributed by atoms with Crippen molar-refractivity contribution in [2.75, 3.05) is 6.54 Å². The van der Waals surface area contributed by atoms with Gasteiger partial charge in [-0.2, -0.15) is 17.5 Å². The van der Waals surface area contributed by atoms with E-state index in [1.807, 2.05) is 0 Å². The van der Waals surface area contributed by atoms with E-state index in [2.05, 4.69) is 0 Å². The van der Waals surface area contributed by atoms with Crippen molar-refractivity contribution in [3.8, 4) is 0 Å². The fourth-order valence-corrected chi connectivity index (χ4v) is 4.64. The molecular weight excluding hydrogens is 447 g/mol. The van der Waals surface area contributed by atoms with Crippen molar-refractivity contribution in [1.29, 1.82) is 0 Å². The predicted octanol–water partition coefficient (Wildman–Crippen LogP) is 4.37. The molecule has 7 nitrogen and oxygen atoms in total. The first-order valence-electron chi connectivity index (χ1n) is 8.63. The summed E-state index contributed by atoms with van der Waals surface area (Å²) in [4.78, 5) is 9.91. The molecule has 0 aliphatic rings. The molecule has 2 aromatic rings. The second-order valence-electron chi connectivity index (χ2n) is 6.76. The third-order valence-electron chi connectivity index (χ3n) is 4.33. The topological polar surface area (TPSA) is 107 Å². The lowest BCUT2D eigenvalue weighted by atomic mass is 10.0. The number of rotatable bonds is 7. The van der Waals surface area contributed by atoms with Gasteiger partial charge < -0.3 is 5.73 Å². The quantitative estimate of drug-likeness (QED) is 0.482. The third-order valence-corrected chi connectivity index (χ3v) is 6.72. The monoisotopic (exact) mass is 465 g/mol. The zero-order valence-electron chi connectivity index (χ0n) is 15.9. The van der Waals surface area contributed by atoms with Crippen LogP contribution in [-0.4, -0.2) is 30.2 Å². The molecule has 30 heavy (non-hydrogen) atoms. The standard InChI is InChI=1S/C18H19ClF3N3O4S/c1-11(2)24(30(28,29)14-6-4-13(5-7-14)25(26)27)10-17(23)12-3-8-16(19)15(9-12)18(20,21)22/h3-9,11,17H,10,23H2,1-2H3. The van der Waals surface area contributed by atoms with Crippen LogP contribution in [0.1, 0.15) is 31.0 Å². The number of benzene rings is 2. The fourth-order valence-electron chi connectivity index (χ4n) is 2.75. The van der Waals surface area contributed by atoms with Crippen LogP contribution in [0, 0.1) is 10.1 Å². The molecule has 0 aliphatic heterocycles. The number of nitrogens with zero attached hydrogens (tertiary/aromatic N) is 2. The van der Waals surface area contributed by atoms with Gasteiger partial charge in [0.2, 0.25) is 10.0 Å². The van der Waals surface area contributed by atoms with Gasteiger partial charge in [0.15, 0.2) is 0 Å². The summed E-state index contributed by atoms with van der Waals surface area (Å²) in [6.07, 6.45) is -4.69. The molecule has 1 unspecified atom stereocenters. The Hall–Kier alpha value is -2.21. The van der Waals surface area contributed by atoms with Gasteiger partial charge in [-0.25, -0.2) is 8.42 Å². The van der Waals surface area contributed by atoms with Gasteiger partial charge in [0, 0.05) is 30.8 Å². The van der Waals surface area contributed by atoms with Crippen LogP contribution in [0.25, 0.3) is 0 Å². The van der Waals surface area contributed by atoms with Crippen LogP contribution in [0.15, 0.2) is 47.4 Å². The number of nitrogens with two attached hydrogens (primary N) is 1. The Labute approximate surface area is 176 Å². The average Bonchev–Trinajstić information content (AvgIpc) is 2.64. The number of alkyl halides is 3. The van der Waals surface area contributed by atoms with Gasteiger partial charge in [0.1, 0.15) is 0 Å². The van der Waals surface area contributed by atoms with E-state index >= 15 is 0 Å². The van der Waals surface area contributed by atoms with Gasteiger partial charge >= 0.3 is 6.18 Å². The first-order valence-corrected chi connectivity index (χ1v) is 10.5. The second-order valence-corrected chi connectivity index (χ2v) is 9.06. The van der Waals surface area contributed by atoms with Crippen molar-refractivity contribution in [2.45, 2.75) is 37.0 Å². The molecule has 12 heteroatoms. The Morgan fingerprint density at radius 3 is 2.20 bits per heavy atom. The summed E-state index contributed by atoms with van der Waals surface area (Å²) in [6, 6.07) is 5.81.